The van der Waals surface area contributed by atoms with E-state index in [2.05, 4.69) is 0 Å². The van der Waals surface area contributed by atoms with Crippen molar-refractivity contribution in [3.63, 3.8) is 0 Å². The topological polar surface area (TPSA) is 33.1 Å². The molecule has 1 heterocycles. The minimum atomic E-state index is -0.294. The monoisotopic (exact) mass is 371 g/mol. The van der Waals surface area contributed by atoms with Gasteiger partial charge in [-0.3, -0.25) is 0 Å². The average molecular weight is 371 g/mol. The summed E-state index contributed by atoms with van der Waals surface area (Å²) in [7, 11) is 0. The largest absolute Gasteiger partial charge is 0.507 e. The van der Waals surface area contributed by atoms with Gasteiger partial charge < -0.3 is 5.11 Å². The van der Waals surface area contributed by atoms with E-state index in [4.69, 9.17) is 4.98 Å². The second-order valence-electron chi connectivity index (χ2n) is 6.36. The summed E-state index contributed by atoms with van der Waals surface area (Å²) in [6.45, 7) is 0. The molecule has 4 heteroatoms. The molecule has 1 N–H and O–H groups in total. The zero-order valence-corrected chi connectivity index (χ0v) is 15.0. The maximum atomic E-state index is 14.4. The van der Waals surface area contributed by atoms with Gasteiger partial charge in [0.05, 0.1) is 15.8 Å². The molecule has 0 atom stereocenters. The number of aromatic hydroxyl groups is 1. The number of phenols is 1. The average Bonchev–Trinajstić information content (AvgIpc) is 3.11. The predicted molar refractivity (Wildman–Crippen MR) is 110 cm³/mol. The van der Waals surface area contributed by atoms with Crippen molar-refractivity contribution >= 4 is 32.3 Å². The molecule has 0 amide bonds. The highest BCUT2D eigenvalue weighted by Crippen LogP contribution is 2.40. The molecule has 5 rings (SSSR count). The molecular weight excluding hydrogens is 357 g/mol. The van der Waals surface area contributed by atoms with Crippen molar-refractivity contribution in [2.45, 2.75) is 0 Å². The number of phenolic OH excluding ortho intramolecular Hbond substituents is 1. The third-order valence-corrected chi connectivity index (χ3v) is 5.71. The third kappa shape index (κ3) is 2.66. The molecule has 0 bridgehead atoms. The van der Waals surface area contributed by atoms with Gasteiger partial charge in [-0.15, -0.1) is 11.3 Å². The number of rotatable bonds is 2. The van der Waals surface area contributed by atoms with Crippen LogP contribution in [0, 0.1) is 5.82 Å². The molecule has 4 aromatic carbocycles. The van der Waals surface area contributed by atoms with Gasteiger partial charge in [-0.1, -0.05) is 54.6 Å². The first-order valence-electron chi connectivity index (χ1n) is 8.57. The first kappa shape index (κ1) is 16.0. The Morgan fingerprint density at radius 3 is 2.41 bits per heavy atom. The van der Waals surface area contributed by atoms with Crippen LogP contribution in [0.2, 0.25) is 0 Å². The lowest BCUT2D eigenvalue weighted by Crippen LogP contribution is -1.86. The van der Waals surface area contributed by atoms with E-state index >= 15 is 0 Å². The number of nitrogens with zero attached hydrogens (tertiary/aromatic N) is 1. The van der Waals surface area contributed by atoms with E-state index in [9.17, 15) is 9.50 Å². The second-order valence-corrected chi connectivity index (χ2v) is 7.39. The van der Waals surface area contributed by atoms with Crippen LogP contribution in [-0.4, -0.2) is 10.1 Å². The zero-order chi connectivity index (χ0) is 18.4. The van der Waals surface area contributed by atoms with Crippen molar-refractivity contribution in [2.75, 3.05) is 0 Å². The molecule has 130 valence electrons. The molecular formula is C23H14FNOS. The first-order valence-corrected chi connectivity index (χ1v) is 9.39. The van der Waals surface area contributed by atoms with Crippen molar-refractivity contribution in [3.8, 4) is 27.4 Å². The Morgan fingerprint density at radius 2 is 1.52 bits per heavy atom. The standard InChI is InChI=1S/C23H14FNOS/c24-15-12-19(17-10-5-7-14-6-1-2-8-16(14)17)22-21(13-15)27-23(25-22)18-9-3-4-11-20(18)26/h1-13,26H. The number of aromatic nitrogens is 1. The van der Waals surface area contributed by atoms with Gasteiger partial charge >= 0.3 is 0 Å². The minimum absolute atomic E-state index is 0.170. The minimum Gasteiger partial charge on any atom is -0.507 e. The van der Waals surface area contributed by atoms with Crippen LogP contribution >= 0.6 is 11.3 Å². The van der Waals surface area contributed by atoms with Crippen LogP contribution in [0.25, 0.3) is 42.7 Å². The van der Waals surface area contributed by atoms with Crippen LogP contribution in [0.4, 0.5) is 4.39 Å². The van der Waals surface area contributed by atoms with Crippen LogP contribution in [0.3, 0.4) is 0 Å². The Labute approximate surface area is 159 Å². The van der Waals surface area contributed by atoms with Gasteiger partial charge in [-0.05, 0) is 40.6 Å². The molecule has 0 radical (unpaired) electrons. The summed E-state index contributed by atoms with van der Waals surface area (Å²) in [5.41, 5.74) is 3.12. The van der Waals surface area contributed by atoms with Crippen molar-refractivity contribution in [1.82, 2.24) is 4.98 Å². The van der Waals surface area contributed by atoms with Crippen molar-refractivity contribution < 1.29 is 9.50 Å². The summed E-state index contributed by atoms with van der Waals surface area (Å²) < 4.78 is 15.2. The highest BCUT2D eigenvalue weighted by atomic mass is 32.1. The van der Waals surface area contributed by atoms with Gasteiger partial charge in [0.1, 0.15) is 16.6 Å². The Balaban J connectivity index is 1.81. The van der Waals surface area contributed by atoms with Crippen LogP contribution in [-0.2, 0) is 0 Å². The summed E-state index contributed by atoms with van der Waals surface area (Å²) in [4.78, 5) is 4.76. The van der Waals surface area contributed by atoms with Crippen LogP contribution in [0.15, 0.2) is 78.9 Å². The lowest BCUT2D eigenvalue weighted by atomic mass is 9.97. The van der Waals surface area contributed by atoms with E-state index in [-0.39, 0.29) is 11.6 Å². The van der Waals surface area contributed by atoms with Gasteiger partial charge in [0.25, 0.3) is 0 Å². The van der Waals surface area contributed by atoms with E-state index < -0.39 is 0 Å². The van der Waals surface area contributed by atoms with E-state index in [1.165, 1.54) is 17.4 Å². The molecule has 0 unspecified atom stereocenters. The third-order valence-electron chi connectivity index (χ3n) is 4.67. The predicted octanol–water partition coefficient (Wildman–Crippen LogP) is 6.63. The Hall–Kier alpha value is -3.24. The number of para-hydroxylation sites is 1. The van der Waals surface area contributed by atoms with Gasteiger partial charge in [0, 0.05) is 5.56 Å². The lowest BCUT2D eigenvalue weighted by molar-refractivity contribution is 0.477. The van der Waals surface area contributed by atoms with Gasteiger partial charge in [-0.2, -0.15) is 0 Å². The Kier molecular flexibility index (Phi) is 3.66. The van der Waals surface area contributed by atoms with Crippen molar-refractivity contribution in [3.05, 3.63) is 84.7 Å². The smallest absolute Gasteiger partial charge is 0.128 e. The second kappa shape index (κ2) is 6.18. The molecule has 0 aliphatic heterocycles. The number of halogens is 1. The lowest BCUT2D eigenvalue weighted by Gasteiger charge is -2.08. The number of benzene rings is 4. The highest BCUT2D eigenvalue weighted by Gasteiger charge is 2.16. The quantitative estimate of drug-likeness (QED) is 0.378. The number of thiazole rings is 1. The maximum Gasteiger partial charge on any atom is 0.128 e. The van der Waals surface area contributed by atoms with Gasteiger partial charge in [-0.25, -0.2) is 9.37 Å². The van der Waals surface area contributed by atoms with Gasteiger partial charge in [0.2, 0.25) is 0 Å². The Bertz CT molecular complexity index is 1300. The number of hydrogen-bond donors (Lipinski definition) is 1. The van der Waals surface area contributed by atoms with Crippen LogP contribution in [0.1, 0.15) is 0 Å². The molecule has 27 heavy (non-hydrogen) atoms. The van der Waals surface area contributed by atoms with Crippen molar-refractivity contribution in [2.24, 2.45) is 0 Å². The molecule has 0 saturated carbocycles. The fourth-order valence-electron chi connectivity index (χ4n) is 3.43. The van der Waals surface area contributed by atoms with Crippen LogP contribution < -0.4 is 0 Å². The molecule has 0 fully saturated rings. The summed E-state index contributed by atoms with van der Waals surface area (Å²) in [6, 6.07) is 24.2. The summed E-state index contributed by atoms with van der Waals surface area (Å²) in [5.74, 6) is -0.123. The number of fused-ring (bicyclic) bond motifs is 2. The highest BCUT2D eigenvalue weighted by molar-refractivity contribution is 7.21. The van der Waals surface area contributed by atoms with E-state index in [1.807, 2.05) is 54.6 Å². The summed E-state index contributed by atoms with van der Waals surface area (Å²) in [5, 5.41) is 13.0. The molecule has 0 aliphatic carbocycles. The van der Waals surface area contributed by atoms with Gasteiger partial charge in [0.15, 0.2) is 0 Å². The van der Waals surface area contributed by atoms with Crippen LogP contribution in [0.5, 0.6) is 5.75 Å². The SMILES string of the molecule is Oc1ccccc1-c1nc2c(-c3cccc4ccccc34)cc(F)cc2s1. The molecule has 0 saturated heterocycles. The van der Waals surface area contributed by atoms with E-state index in [1.54, 1.807) is 18.2 Å². The summed E-state index contributed by atoms with van der Waals surface area (Å²) in [6.07, 6.45) is 0. The molecule has 5 aromatic rings. The normalized spacial score (nSPS) is 11.3. The molecule has 0 spiro atoms. The number of hydrogen-bond acceptors (Lipinski definition) is 3. The summed E-state index contributed by atoms with van der Waals surface area (Å²) >= 11 is 1.38. The molecule has 1 aromatic heterocycles. The first-order chi connectivity index (χ1) is 13.2. The maximum absolute atomic E-state index is 14.4. The van der Waals surface area contributed by atoms with Crippen molar-refractivity contribution in [1.29, 1.82) is 0 Å². The fourth-order valence-corrected chi connectivity index (χ4v) is 4.48. The zero-order valence-electron chi connectivity index (χ0n) is 14.2. The fraction of sp³-hybridized carbons (Fsp3) is 0. The molecule has 2 nitrogen and oxygen atoms in total. The van der Waals surface area contributed by atoms with E-state index in [0.29, 0.717) is 10.6 Å². The van der Waals surface area contributed by atoms with E-state index in [0.717, 1.165) is 32.1 Å². The molecule has 0 aliphatic rings. The Morgan fingerprint density at radius 1 is 0.778 bits per heavy atom.